The molecule has 0 bridgehead atoms. The van der Waals surface area contributed by atoms with E-state index in [4.69, 9.17) is 0 Å². The van der Waals surface area contributed by atoms with Crippen LogP contribution in [0.4, 0.5) is 4.39 Å². The molecular formula is C17H19BrFN. The maximum Gasteiger partial charge on any atom is 0.137 e. The molecule has 0 radical (unpaired) electrons. The van der Waals surface area contributed by atoms with Gasteiger partial charge in [-0.05, 0) is 58.1 Å². The lowest BCUT2D eigenvalue weighted by molar-refractivity contribution is 0.568. The van der Waals surface area contributed by atoms with E-state index in [0.717, 1.165) is 18.5 Å². The summed E-state index contributed by atoms with van der Waals surface area (Å²) in [6, 6.07) is 13.8. The summed E-state index contributed by atoms with van der Waals surface area (Å²) in [6.45, 7) is 5.08. The second-order valence-corrected chi connectivity index (χ2v) is 5.75. The van der Waals surface area contributed by atoms with Gasteiger partial charge >= 0.3 is 0 Å². The molecule has 0 aromatic heterocycles. The number of hydrogen-bond acceptors (Lipinski definition) is 1. The van der Waals surface area contributed by atoms with E-state index in [1.165, 1.54) is 17.2 Å². The molecule has 0 amide bonds. The van der Waals surface area contributed by atoms with Crippen molar-refractivity contribution in [2.24, 2.45) is 0 Å². The Morgan fingerprint density at radius 1 is 1.15 bits per heavy atom. The van der Waals surface area contributed by atoms with E-state index in [9.17, 15) is 4.39 Å². The molecule has 0 spiro atoms. The molecule has 2 aromatic carbocycles. The third-order valence-corrected chi connectivity index (χ3v) is 4.15. The largest absolute Gasteiger partial charge is 0.306 e. The lowest BCUT2D eigenvalue weighted by Gasteiger charge is -2.16. The maximum absolute atomic E-state index is 13.2. The number of aryl methyl sites for hydroxylation is 1. The summed E-state index contributed by atoms with van der Waals surface area (Å²) in [5.74, 6) is -0.225. The Bertz CT molecular complexity index is 583. The first kappa shape index (κ1) is 15.2. The maximum atomic E-state index is 13.2. The molecule has 3 heteroatoms. The van der Waals surface area contributed by atoms with Crippen molar-refractivity contribution in [3.05, 3.63) is 69.4 Å². The van der Waals surface area contributed by atoms with Gasteiger partial charge in [-0.1, -0.05) is 37.3 Å². The standard InChI is InChI=1S/C17H19BrFN/c1-3-13-6-4-5-7-15(13)11-20-12(2)14-8-9-17(19)16(18)10-14/h4-10,12,20H,3,11H2,1-2H3. The minimum Gasteiger partial charge on any atom is -0.306 e. The second-order valence-electron chi connectivity index (χ2n) is 4.90. The molecule has 0 aliphatic heterocycles. The predicted molar refractivity (Wildman–Crippen MR) is 85.2 cm³/mol. The summed E-state index contributed by atoms with van der Waals surface area (Å²) >= 11 is 3.23. The number of halogens is 2. The van der Waals surface area contributed by atoms with Crippen LogP contribution in [0.3, 0.4) is 0 Å². The van der Waals surface area contributed by atoms with Crippen LogP contribution < -0.4 is 5.32 Å². The van der Waals surface area contributed by atoms with Gasteiger partial charge in [0.1, 0.15) is 5.82 Å². The van der Waals surface area contributed by atoms with Crippen molar-refractivity contribution in [1.29, 1.82) is 0 Å². The highest BCUT2D eigenvalue weighted by atomic mass is 79.9. The highest BCUT2D eigenvalue weighted by molar-refractivity contribution is 9.10. The Morgan fingerprint density at radius 3 is 2.50 bits per heavy atom. The molecule has 1 nitrogen and oxygen atoms in total. The average molecular weight is 336 g/mol. The minimum absolute atomic E-state index is 0.178. The fraction of sp³-hybridized carbons (Fsp3) is 0.294. The molecule has 1 N–H and O–H groups in total. The van der Waals surface area contributed by atoms with Crippen molar-refractivity contribution in [2.75, 3.05) is 0 Å². The topological polar surface area (TPSA) is 12.0 Å². The summed E-state index contributed by atoms with van der Waals surface area (Å²) in [5, 5.41) is 3.49. The third kappa shape index (κ3) is 3.68. The van der Waals surface area contributed by atoms with Crippen LogP contribution in [-0.2, 0) is 13.0 Å². The number of hydrogen-bond donors (Lipinski definition) is 1. The Labute approximate surface area is 128 Å². The monoisotopic (exact) mass is 335 g/mol. The van der Waals surface area contributed by atoms with Crippen molar-refractivity contribution in [3.8, 4) is 0 Å². The van der Waals surface area contributed by atoms with Crippen molar-refractivity contribution < 1.29 is 4.39 Å². The molecule has 106 valence electrons. The van der Waals surface area contributed by atoms with Crippen LogP contribution in [-0.4, -0.2) is 0 Å². The van der Waals surface area contributed by atoms with Crippen LogP contribution in [0.1, 0.15) is 36.6 Å². The SMILES string of the molecule is CCc1ccccc1CNC(C)c1ccc(F)c(Br)c1. The molecule has 1 unspecified atom stereocenters. The third-order valence-electron chi connectivity index (χ3n) is 3.54. The number of rotatable bonds is 5. The van der Waals surface area contributed by atoms with Gasteiger partial charge in [0.2, 0.25) is 0 Å². The lowest BCUT2D eigenvalue weighted by atomic mass is 10.0. The Hall–Kier alpha value is -1.19. The van der Waals surface area contributed by atoms with Gasteiger partial charge < -0.3 is 5.32 Å². The first-order valence-electron chi connectivity index (χ1n) is 6.87. The first-order valence-corrected chi connectivity index (χ1v) is 7.66. The fourth-order valence-electron chi connectivity index (χ4n) is 2.24. The second kappa shape index (κ2) is 7.00. The van der Waals surface area contributed by atoms with Crippen molar-refractivity contribution in [1.82, 2.24) is 5.32 Å². The average Bonchev–Trinajstić information content (AvgIpc) is 2.47. The summed E-state index contributed by atoms with van der Waals surface area (Å²) < 4.78 is 13.8. The molecule has 0 fully saturated rings. The van der Waals surface area contributed by atoms with Gasteiger partial charge in [-0.15, -0.1) is 0 Å². The molecule has 2 rings (SSSR count). The van der Waals surface area contributed by atoms with Gasteiger partial charge in [-0.3, -0.25) is 0 Å². The molecule has 0 saturated heterocycles. The van der Waals surface area contributed by atoms with Crippen LogP contribution in [0, 0.1) is 5.82 Å². The molecule has 20 heavy (non-hydrogen) atoms. The van der Waals surface area contributed by atoms with Gasteiger partial charge in [-0.2, -0.15) is 0 Å². The van der Waals surface area contributed by atoms with Gasteiger partial charge in [-0.25, -0.2) is 4.39 Å². The fourth-order valence-corrected chi connectivity index (χ4v) is 2.63. The van der Waals surface area contributed by atoms with Crippen molar-refractivity contribution in [3.63, 3.8) is 0 Å². The van der Waals surface area contributed by atoms with Crippen molar-refractivity contribution >= 4 is 15.9 Å². The van der Waals surface area contributed by atoms with Crippen LogP contribution in [0.25, 0.3) is 0 Å². The Morgan fingerprint density at radius 2 is 1.85 bits per heavy atom. The zero-order chi connectivity index (χ0) is 14.5. The Balaban J connectivity index is 2.04. The van der Waals surface area contributed by atoms with Gasteiger partial charge in [0.25, 0.3) is 0 Å². The molecule has 2 aromatic rings. The number of benzene rings is 2. The normalized spacial score (nSPS) is 12.4. The molecule has 0 heterocycles. The quantitative estimate of drug-likeness (QED) is 0.810. The van der Waals surface area contributed by atoms with Crippen LogP contribution in [0.5, 0.6) is 0 Å². The number of nitrogens with one attached hydrogen (secondary N) is 1. The zero-order valence-electron chi connectivity index (χ0n) is 11.8. The molecule has 0 aliphatic carbocycles. The van der Waals surface area contributed by atoms with Gasteiger partial charge in [0, 0.05) is 12.6 Å². The Kier molecular flexibility index (Phi) is 5.32. The van der Waals surface area contributed by atoms with E-state index in [1.54, 1.807) is 0 Å². The van der Waals surface area contributed by atoms with Crippen LogP contribution in [0.15, 0.2) is 46.9 Å². The highest BCUT2D eigenvalue weighted by Crippen LogP contribution is 2.21. The zero-order valence-corrected chi connectivity index (χ0v) is 13.4. The summed E-state index contributed by atoms with van der Waals surface area (Å²) in [7, 11) is 0. The van der Waals surface area contributed by atoms with Crippen molar-refractivity contribution in [2.45, 2.75) is 32.9 Å². The van der Waals surface area contributed by atoms with E-state index < -0.39 is 0 Å². The first-order chi connectivity index (χ1) is 9.61. The summed E-state index contributed by atoms with van der Waals surface area (Å²) in [5.41, 5.74) is 3.77. The minimum atomic E-state index is -0.225. The van der Waals surface area contributed by atoms with E-state index in [2.05, 4.69) is 59.4 Å². The van der Waals surface area contributed by atoms with E-state index in [0.29, 0.717) is 4.47 Å². The lowest BCUT2D eigenvalue weighted by Crippen LogP contribution is -2.19. The molecule has 0 saturated carbocycles. The van der Waals surface area contributed by atoms with E-state index in [1.807, 2.05) is 12.1 Å². The predicted octanol–water partition coefficient (Wildman–Crippen LogP) is 5.00. The molecule has 1 atom stereocenters. The van der Waals surface area contributed by atoms with Gasteiger partial charge in [0.05, 0.1) is 4.47 Å². The molecule has 0 aliphatic rings. The molecular weight excluding hydrogens is 317 g/mol. The smallest absolute Gasteiger partial charge is 0.137 e. The van der Waals surface area contributed by atoms with Gasteiger partial charge in [0.15, 0.2) is 0 Å². The highest BCUT2D eigenvalue weighted by Gasteiger charge is 2.08. The van der Waals surface area contributed by atoms with Crippen LogP contribution >= 0.6 is 15.9 Å². The van der Waals surface area contributed by atoms with Crippen LogP contribution in [0.2, 0.25) is 0 Å². The summed E-state index contributed by atoms with van der Waals surface area (Å²) in [4.78, 5) is 0. The van der Waals surface area contributed by atoms with E-state index in [-0.39, 0.29) is 11.9 Å². The summed E-state index contributed by atoms with van der Waals surface area (Å²) in [6.07, 6.45) is 1.04. The van der Waals surface area contributed by atoms with E-state index >= 15 is 0 Å².